The van der Waals surface area contributed by atoms with Crippen LogP contribution in [-0.4, -0.2) is 18.2 Å². The molecule has 5 nitrogen and oxygen atoms in total. The average molecular weight is 523 g/mol. The quantitative estimate of drug-likeness (QED) is 0.313. The molecule has 2 amide bonds. The van der Waals surface area contributed by atoms with Gasteiger partial charge in [0.1, 0.15) is 11.5 Å². The summed E-state index contributed by atoms with van der Waals surface area (Å²) in [5, 5.41) is 4.70. The first-order chi connectivity index (χ1) is 15.6. The first-order valence-electron chi connectivity index (χ1n) is 9.31. The van der Waals surface area contributed by atoms with Crippen LogP contribution in [0.3, 0.4) is 0 Å². The summed E-state index contributed by atoms with van der Waals surface area (Å²) in [5.41, 5.74) is -0.137. The third-order valence-electron chi connectivity index (χ3n) is 4.14. The van der Waals surface area contributed by atoms with E-state index in [1.165, 1.54) is 48.5 Å². The third kappa shape index (κ3) is 6.91. The van der Waals surface area contributed by atoms with E-state index in [0.717, 1.165) is 12.1 Å². The second kappa shape index (κ2) is 10.3. The Balaban J connectivity index is 1.93. The van der Waals surface area contributed by atoms with Gasteiger partial charge in [-0.05, 0) is 64.0 Å². The van der Waals surface area contributed by atoms with Gasteiger partial charge in [0.2, 0.25) is 0 Å². The standard InChI is InChI=1S/C23H15BrF4N2O3/c24-16-11-10-14(12-17(16)25)13-19(30-21(31)15-6-2-1-3-7-15)22(32)29-18-8-4-5-9-20(18)33-23(26,27)28/h1-13H,(H,29,32)(H,30,31)/b19-13+. The van der Waals surface area contributed by atoms with Crippen LogP contribution in [0.4, 0.5) is 23.2 Å². The Hall–Kier alpha value is -3.66. The third-order valence-corrected chi connectivity index (χ3v) is 4.79. The average Bonchev–Trinajstić information content (AvgIpc) is 2.76. The zero-order valence-electron chi connectivity index (χ0n) is 16.6. The molecule has 0 aromatic heterocycles. The molecular formula is C23H15BrF4N2O3. The molecule has 0 unspecified atom stereocenters. The van der Waals surface area contributed by atoms with Crippen molar-refractivity contribution in [1.29, 1.82) is 0 Å². The van der Waals surface area contributed by atoms with Gasteiger partial charge >= 0.3 is 6.36 Å². The number of hydrogen-bond donors (Lipinski definition) is 2. The molecule has 3 aromatic carbocycles. The molecule has 0 fully saturated rings. The molecule has 0 heterocycles. The summed E-state index contributed by atoms with van der Waals surface area (Å²) in [5.74, 6) is -2.83. The van der Waals surface area contributed by atoms with Crippen molar-refractivity contribution in [1.82, 2.24) is 5.32 Å². The van der Waals surface area contributed by atoms with E-state index in [-0.39, 0.29) is 27.0 Å². The van der Waals surface area contributed by atoms with Crippen LogP contribution in [0.1, 0.15) is 15.9 Å². The Morgan fingerprint density at radius 1 is 0.939 bits per heavy atom. The number of halogens is 5. The summed E-state index contributed by atoms with van der Waals surface area (Å²) in [6.07, 6.45) is -3.78. The lowest BCUT2D eigenvalue weighted by molar-refractivity contribution is -0.274. The summed E-state index contributed by atoms with van der Waals surface area (Å²) in [7, 11) is 0. The predicted octanol–water partition coefficient (Wildman–Crippen LogP) is 5.90. The summed E-state index contributed by atoms with van der Waals surface area (Å²) in [6, 6.07) is 16.9. The van der Waals surface area contributed by atoms with Gasteiger partial charge in [0.25, 0.3) is 11.8 Å². The van der Waals surface area contributed by atoms with Crippen molar-refractivity contribution in [3.05, 3.63) is 99.9 Å². The van der Waals surface area contributed by atoms with Crippen molar-refractivity contribution in [2.45, 2.75) is 6.36 Å². The number of carbonyl (C=O) groups excluding carboxylic acids is 2. The van der Waals surface area contributed by atoms with Gasteiger partial charge in [-0.15, -0.1) is 13.2 Å². The smallest absolute Gasteiger partial charge is 0.404 e. The number of carbonyl (C=O) groups is 2. The number of para-hydroxylation sites is 2. The van der Waals surface area contributed by atoms with Crippen molar-refractivity contribution in [2.24, 2.45) is 0 Å². The number of benzene rings is 3. The topological polar surface area (TPSA) is 67.4 Å². The first kappa shape index (κ1) is 24.0. The Morgan fingerprint density at radius 3 is 2.27 bits per heavy atom. The number of nitrogens with one attached hydrogen (secondary N) is 2. The van der Waals surface area contributed by atoms with E-state index in [9.17, 15) is 27.2 Å². The normalized spacial score (nSPS) is 11.6. The molecular weight excluding hydrogens is 508 g/mol. The second-order valence-corrected chi connectivity index (χ2v) is 7.40. The fourth-order valence-corrected chi connectivity index (χ4v) is 2.93. The number of amides is 2. The van der Waals surface area contributed by atoms with Crippen molar-refractivity contribution in [3.8, 4) is 5.75 Å². The summed E-state index contributed by atoms with van der Waals surface area (Å²) >= 11 is 3.02. The number of alkyl halides is 3. The summed E-state index contributed by atoms with van der Waals surface area (Å²) in [4.78, 5) is 25.5. The van der Waals surface area contributed by atoms with E-state index in [2.05, 4.69) is 31.3 Å². The van der Waals surface area contributed by atoms with Gasteiger partial charge in [-0.1, -0.05) is 36.4 Å². The van der Waals surface area contributed by atoms with Gasteiger partial charge in [0.05, 0.1) is 10.2 Å². The van der Waals surface area contributed by atoms with E-state index < -0.39 is 29.7 Å². The molecule has 0 bridgehead atoms. The van der Waals surface area contributed by atoms with Crippen molar-refractivity contribution < 1.29 is 31.9 Å². The highest BCUT2D eigenvalue weighted by molar-refractivity contribution is 9.10. The molecule has 0 atom stereocenters. The lowest BCUT2D eigenvalue weighted by atomic mass is 10.1. The maximum Gasteiger partial charge on any atom is 0.573 e. The molecule has 10 heteroatoms. The Bertz CT molecular complexity index is 1200. The van der Waals surface area contributed by atoms with Crippen LogP contribution < -0.4 is 15.4 Å². The van der Waals surface area contributed by atoms with Crippen LogP contribution in [0.15, 0.2) is 83.0 Å². The second-order valence-electron chi connectivity index (χ2n) is 6.55. The highest BCUT2D eigenvalue weighted by Crippen LogP contribution is 2.30. The van der Waals surface area contributed by atoms with Crippen molar-refractivity contribution in [3.63, 3.8) is 0 Å². The summed E-state index contributed by atoms with van der Waals surface area (Å²) in [6.45, 7) is 0. The fraction of sp³-hybridized carbons (Fsp3) is 0.0435. The molecule has 33 heavy (non-hydrogen) atoms. The molecule has 0 aliphatic heterocycles. The maximum atomic E-state index is 13.9. The Kier molecular flexibility index (Phi) is 7.49. The molecule has 2 N–H and O–H groups in total. The zero-order valence-corrected chi connectivity index (χ0v) is 18.2. The highest BCUT2D eigenvalue weighted by atomic mass is 79.9. The molecule has 0 saturated heterocycles. The van der Waals surface area contributed by atoms with Crippen molar-refractivity contribution in [2.75, 3.05) is 5.32 Å². The largest absolute Gasteiger partial charge is 0.573 e. The highest BCUT2D eigenvalue weighted by Gasteiger charge is 2.32. The Morgan fingerprint density at radius 2 is 1.61 bits per heavy atom. The minimum Gasteiger partial charge on any atom is -0.404 e. The number of rotatable bonds is 6. The number of anilines is 1. The van der Waals surface area contributed by atoms with Crippen LogP contribution in [0, 0.1) is 5.82 Å². The van der Waals surface area contributed by atoms with Crippen LogP contribution in [-0.2, 0) is 4.79 Å². The van der Waals surface area contributed by atoms with Gasteiger partial charge < -0.3 is 15.4 Å². The van der Waals surface area contributed by atoms with E-state index in [0.29, 0.717) is 0 Å². The minimum absolute atomic E-state index is 0.192. The van der Waals surface area contributed by atoms with Crippen molar-refractivity contribution >= 4 is 39.5 Å². The maximum absolute atomic E-state index is 13.9. The molecule has 0 aliphatic carbocycles. The molecule has 3 rings (SSSR count). The van der Waals surface area contributed by atoms with Gasteiger partial charge in [-0.2, -0.15) is 0 Å². The molecule has 0 radical (unpaired) electrons. The van der Waals surface area contributed by atoms with E-state index in [1.54, 1.807) is 18.2 Å². The van der Waals surface area contributed by atoms with E-state index >= 15 is 0 Å². The fourth-order valence-electron chi connectivity index (χ4n) is 2.68. The Labute approximate surface area is 194 Å². The van der Waals surface area contributed by atoms with Gasteiger partial charge in [-0.3, -0.25) is 9.59 Å². The monoisotopic (exact) mass is 522 g/mol. The van der Waals surface area contributed by atoms with Gasteiger partial charge in [-0.25, -0.2) is 4.39 Å². The predicted molar refractivity (Wildman–Crippen MR) is 118 cm³/mol. The summed E-state index contributed by atoms with van der Waals surface area (Å²) < 4.78 is 56.1. The molecule has 0 saturated carbocycles. The van der Waals surface area contributed by atoms with E-state index in [1.807, 2.05) is 0 Å². The number of hydrogen-bond acceptors (Lipinski definition) is 3. The molecule has 170 valence electrons. The molecule has 0 spiro atoms. The van der Waals surface area contributed by atoms with Crippen LogP contribution in [0.5, 0.6) is 5.75 Å². The lowest BCUT2D eigenvalue weighted by Gasteiger charge is -2.15. The van der Waals surface area contributed by atoms with Crippen LogP contribution >= 0.6 is 15.9 Å². The first-order valence-corrected chi connectivity index (χ1v) is 10.1. The number of ether oxygens (including phenoxy) is 1. The van der Waals surface area contributed by atoms with Gasteiger partial charge in [0, 0.05) is 5.56 Å². The SMILES string of the molecule is O=C(Nc1ccccc1OC(F)(F)F)/C(=C\c1ccc(Br)c(F)c1)NC(=O)c1ccccc1. The van der Waals surface area contributed by atoms with Crippen LogP contribution in [0.25, 0.3) is 6.08 Å². The minimum atomic E-state index is -4.98. The molecule has 0 aliphatic rings. The molecule has 3 aromatic rings. The lowest BCUT2D eigenvalue weighted by Crippen LogP contribution is -2.31. The zero-order chi connectivity index (χ0) is 24.0. The van der Waals surface area contributed by atoms with Crippen LogP contribution in [0.2, 0.25) is 0 Å². The van der Waals surface area contributed by atoms with E-state index in [4.69, 9.17) is 0 Å². The van der Waals surface area contributed by atoms with Gasteiger partial charge in [0.15, 0.2) is 5.75 Å².